The number of esters is 1. The van der Waals surface area contributed by atoms with Crippen molar-refractivity contribution in [2.24, 2.45) is 0 Å². The predicted octanol–water partition coefficient (Wildman–Crippen LogP) is 1.47. The van der Waals surface area contributed by atoms with Gasteiger partial charge in [-0.15, -0.1) is 0 Å². The molecule has 0 aromatic heterocycles. The molecule has 146 valence electrons. The summed E-state index contributed by atoms with van der Waals surface area (Å²) in [4.78, 5) is 38.4. The number of hydrogen-bond acceptors (Lipinski definition) is 6. The van der Waals surface area contributed by atoms with Gasteiger partial charge in [0.2, 0.25) is 0 Å². The lowest BCUT2D eigenvalue weighted by molar-refractivity contribution is -0.162. The number of aliphatic hydroxyl groups excluding tert-OH is 1. The van der Waals surface area contributed by atoms with Crippen molar-refractivity contribution < 1.29 is 29.0 Å². The number of nitrogens with zero attached hydrogens (tertiary/aromatic N) is 1. The molecule has 0 spiro atoms. The summed E-state index contributed by atoms with van der Waals surface area (Å²) in [5.74, 6) is -1.05. The van der Waals surface area contributed by atoms with Crippen molar-refractivity contribution in [3.05, 3.63) is 11.3 Å². The summed E-state index contributed by atoms with van der Waals surface area (Å²) in [6.07, 6.45) is 0.312. The minimum Gasteiger partial charge on any atom is -0.455 e. The van der Waals surface area contributed by atoms with Crippen molar-refractivity contribution in [3.63, 3.8) is 0 Å². The van der Waals surface area contributed by atoms with Gasteiger partial charge in [0.15, 0.2) is 0 Å². The van der Waals surface area contributed by atoms with E-state index < -0.39 is 35.2 Å². The van der Waals surface area contributed by atoms with Gasteiger partial charge in [-0.2, -0.15) is 0 Å². The van der Waals surface area contributed by atoms with Crippen LogP contribution in [-0.4, -0.2) is 57.9 Å². The summed E-state index contributed by atoms with van der Waals surface area (Å²) in [6, 6.07) is -1.10. The smallest absolute Gasteiger partial charge is 0.408 e. The first-order valence-corrected chi connectivity index (χ1v) is 8.73. The standard InChI is InChI=1S/C18H28N2O6/c1-17(2,3)25-15(23)13-10(9-21)7-8-11-12(14(22)20(11)13)19-16(24)26-18(4,5)6/h11-12,21H,7-9H2,1-6H3,(H,19,24)/t11-,12+/m1/s1. The predicted molar refractivity (Wildman–Crippen MR) is 93.0 cm³/mol. The first kappa shape index (κ1) is 20.2. The summed E-state index contributed by atoms with van der Waals surface area (Å²) >= 11 is 0. The Kier molecular flexibility index (Phi) is 5.37. The molecule has 0 saturated carbocycles. The van der Waals surface area contributed by atoms with Crippen LogP contribution in [0.1, 0.15) is 54.4 Å². The number of nitrogens with one attached hydrogen (secondary N) is 1. The molecule has 1 fully saturated rings. The third-order valence-corrected chi connectivity index (χ3v) is 3.99. The molecule has 0 aromatic rings. The molecule has 2 aliphatic rings. The second-order valence-electron chi connectivity index (χ2n) is 8.55. The fourth-order valence-electron chi connectivity index (χ4n) is 3.04. The van der Waals surface area contributed by atoms with Crippen LogP contribution in [0.2, 0.25) is 0 Å². The normalized spacial score (nSPS) is 23.2. The molecule has 2 N–H and O–H groups in total. The molecule has 0 unspecified atom stereocenters. The van der Waals surface area contributed by atoms with Crippen LogP contribution in [0.15, 0.2) is 11.3 Å². The highest BCUT2D eigenvalue weighted by molar-refractivity contribution is 6.02. The lowest BCUT2D eigenvalue weighted by Crippen LogP contribution is -2.72. The van der Waals surface area contributed by atoms with Crippen LogP contribution >= 0.6 is 0 Å². The third-order valence-electron chi connectivity index (χ3n) is 3.99. The fourth-order valence-corrected chi connectivity index (χ4v) is 3.04. The average molecular weight is 368 g/mol. The molecule has 26 heavy (non-hydrogen) atoms. The van der Waals surface area contributed by atoms with Gasteiger partial charge < -0.3 is 19.9 Å². The number of amides is 2. The highest BCUT2D eigenvalue weighted by atomic mass is 16.6. The quantitative estimate of drug-likeness (QED) is 0.577. The van der Waals surface area contributed by atoms with E-state index >= 15 is 0 Å². The SMILES string of the molecule is CC(C)(C)OC(=O)N[C@@H]1C(=O)N2C(C(=O)OC(C)(C)C)=C(CO)CC[C@H]12. The van der Waals surface area contributed by atoms with Gasteiger partial charge in [0.25, 0.3) is 5.91 Å². The highest BCUT2D eigenvalue weighted by Crippen LogP contribution is 2.37. The van der Waals surface area contributed by atoms with Gasteiger partial charge in [-0.05, 0) is 60.0 Å². The Hall–Kier alpha value is -2.09. The fraction of sp³-hybridized carbons (Fsp3) is 0.722. The number of carbonyl (C=O) groups excluding carboxylic acids is 3. The van der Waals surface area contributed by atoms with Crippen LogP contribution in [0.25, 0.3) is 0 Å². The number of β-lactam (4-membered cyclic amide) rings is 1. The van der Waals surface area contributed by atoms with E-state index in [0.717, 1.165) is 0 Å². The maximum Gasteiger partial charge on any atom is 0.408 e. The average Bonchev–Trinajstić information content (AvgIpc) is 2.47. The largest absolute Gasteiger partial charge is 0.455 e. The number of rotatable bonds is 3. The Balaban J connectivity index is 2.16. The van der Waals surface area contributed by atoms with E-state index in [1.165, 1.54) is 4.90 Å². The molecule has 8 nitrogen and oxygen atoms in total. The minimum atomic E-state index is -0.748. The lowest BCUT2D eigenvalue weighted by atomic mass is 9.83. The molecule has 0 radical (unpaired) electrons. The van der Waals surface area contributed by atoms with Gasteiger partial charge in [0.05, 0.1) is 12.6 Å². The summed E-state index contributed by atoms with van der Waals surface area (Å²) < 4.78 is 10.6. The Labute approximate surface area is 153 Å². The van der Waals surface area contributed by atoms with Gasteiger partial charge in [0.1, 0.15) is 22.9 Å². The van der Waals surface area contributed by atoms with Crippen molar-refractivity contribution >= 4 is 18.0 Å². The number of ether oxygens (including phenoxy) is 2. The van der Waals surface area contributed by atoms with E-state index in [0.29, 0.717) is 18.4 Å². The van der Waals surface area contributed by atoms with Crippen LogP contribution in [-0.2, 0) is 19.1 Å². The molecule has 2 amide bonds. The second kappa shape index (κ2) is 6.90. The summed E-state index contributed by atoms with van der Waals surface area (Å²) in [5, 5.41) is 12.1. The number of alkyl carbamates (subject to hydrolysis) is 1. The molecule has 2 aliphatic heterocycles. The molecule has 2 rings (SSSR count). The number of fused-ring (bicyclic) bond motifs is 1. The van der Waals surface area contributed by atoms with Crippen molar-refractivity contribution in [1.82, 2.24) is 10.2 Å². The molecule has 2 atom stereocenters. The molecular formula is C18H28N2O6. The number of aliphatic hydroxyl groups is 1. The van der Waals surface area contributed by atoms with E-state index in [4.69, 9.17) is 9.47 Å². The Morgan fingerprint density at radius 3 is 2.23 bits per heavy atom. The van der Waals surface area contributed by atoms with Gasteiger partial charge in [0, 0.05) is 0 Å². The zero-order chi connectivity index (χ0) is 19.9. The van der Waals surface area contributed by atoms with Crippen molar-refractivity contribution in [1.29, 1.82) is 0 Å². The maximum atomic E-state index is 12.6. The minimum absolute atomic E-state index is 0.0888. The van der Waals surface area contributed by atoms with E-state index in [-0.39, 0.29) is 18.3 Å². The molecule has 0 aromatic carbocycles. The van der Waals surface area contributed by atoms with Gasteiger partial charge in [-0.3, -0.25) is 9.69 Å². The maximum absolute atomic E-state index is 12.6. The highest BCUT2D eigenvalue weighted by Gasteiger charge is 2.54. The van der Waals surface area contributed by atoms with Crippen LogP contribution in [0, 0.1) is 0 Å². The third kappa shape index (κ3) is 4.35. The monoisotopic (exact) mass is 368 g/mol. The van der Waals surface area contributed by atoms with Crippen LogP contribution in [0.3, 0.4) is 0 Å². The summed E-state index contributed by atoms with van der Waals surface area (Å²) in [5.41, 5.74) is -0.834. The van der Waals surface area contributed by atoms with Gasteiger partial charge >= 0.3 is 12.1 Å². The van der Waals surface area contributed by atoms with Gasteiger partial charge in [-0.1, -0.05) is 0 Å². The lowest BCUT2D eigenvalue weighted by Gasteiger charge is -2.50. The number of hydrogen-bond donors (Lipinski definition) is 2. The van der Waals surface area contributed by atoms with Crippen molar-refractivity contribution in [2.45, 2.75) is 77.7 Å². The van der Waals surface area contributed by atoms with Gasteiger partial charge in [-0.25, -0.2) is 9.59 Å². The Morgan fingerprint density at radius 1 is 1.15 bits per heavy atom. The molecule has 0 aliphatic carbocycles. The summed E-state index contributed by atoms with van der Waals surface area (Å²) in [7, 11) is 0. The van der Waals surface area contributed by atoms with Crippen molar-refractivity contribution in [3.8, 4) is 0 Å². The van der Waals surface area contributed by atoms with E-state index in [1.54, 1.807) is 41.5 Å². The second-order valence-corrected chi connectivity index (χ2v) is 8.55. The molecule has 0 bridgehead atoms. The Bertz CT molecular complexity index is 641. The van der Waals surface area contributed by atoms with E-state index in [2.05, 4.69) is 5.32 Å². The topological polar surface area (TPSA) is 105 Å². The van der Waals surface area contributed by atoms with Crippen molar-refractivity contribution in [2.75, 3.05) is 6.61 Å². The zero-order valence-electron chi connectivity index (χ0n) is 16.2. The Morgan fingerprint density at radius 2 is 1.73 bits per heavy atom. The van der Waals surface area contributed by atoms with Crippen LogP contribution in [0.5, 0.6) is 0 Å². The molecular weight excluding hydrogens is 340 g/mol. The molecule has 1 saturated heterocycles. The first-order valence-electron chi connectivity index (χ1n) is 8.73. The van der Waals surface area contributed by atoms with Crippen LogP contribution < -0.4 is 5.32 Å². The van der Waals surface area contributed by atoms with E-state index in [9.17, 15) is 19.5 Å². The molecule has 8 heteroatoms. The zero-order valence-corrected chi connectivity index (χ0v) is 16.2. The summed E-state index contributed by atoms with van der Waals surface area (Å²) in [6.45, 7) is 10.1. The number of carbonyl (C=O) groups is 3. The van der Waals surface area contributed by atoms with Crippen LogP contribution in [0.4, 0.5) is 4.79 Å². The molecule has 2 heterocycles. The first-order chi connectivity index (χ1) is 11.8. The van der Waals surface area contributed by atoms with E-state index in [1.807, 2.05) is 0 Å².